The Morgan fingerprint density at radius 3 is 2.55 bits per heavy atom. The van der Waals surface area contributed by atoms with E-state index in [2.05, 4.69) is 13.8 Å². The van der Waals surface area contributed by atoms with Crippen LogP contribution in [-0.4, -0.2) is 91.1 Å². The smallest absolute Gasteiger partial charge is 0.317 e. The van der Waals surface area contributed by atoms with Crippen molar-refractivity contribution in [3.05, 3.63) is 41.0 Å². The number of aliphatic carboxylic acids is 1. The van der Waals surface area contributed by atoms with Gasteiger partial charge in [0.15, 0.2) is 29.6 Å². The summed E-state index contributed by atoms with van der Waals surface area (Å²) in [6.45, 7) is 4.41. The van der Waals surface area contributed by atoms with Gasteiger partial charge < -0.3 is 59.1 Å². The van der Waals surface area contributed by atoms with E-state index in [9.17, 15) is 19.8 Å². The summed E-state index contributed by atoms with van der Waals surface area (Å²) in [6, 6.07) is 7.31. The van der Waals surface area contributed by atoms with Crippen LogP contribution in [0.15, 0.2) is 24.3 Å². The molecule has 0 aromatic heterocycles. The Balaban J connectivity index is 1.21. The number of carboxylic acid groups (broad SMARTS) is 1. The standard InChI is InChI=1S/C32H39NO14/c1-15(2)3-4-16-7-17(8-19-29(16)41-12-20-18-9-22-23(43-14-42-22)10-21(18)44-30(19)20)46-47-31-28(38)27(37)24(45-32(31)39-6-5-33)13-40-26(36)11-25(34)35/h7-10,15,20,24,27-28,30-32,37-38H,3-6,11-14,33H2,1-2H3,(H,34,35). The molecule has 6 rings (SSSR count). The first-order valence-electron chi connectivity index (χ1n) is 15.6. The largest absolute Gasteiger partial charge is 0.492 e. The second-order valence-corrected chi connectivity index (χ2v) is 12.2. The number of aryl methyl sites for hydroxylation is 1. The highest BCUT2D eigenvalue weighted by Gasteiger charge is 2.48. The molecule has 7 unspecified atom stereocenters. The molecule has 7 atom stereocenters. The number of carboxylic acids is 1. The van der Waals surface area contributed by atoms with Gasteiger partial charge in [0, 0.05) is 23.7 Å². The lowest BCUT2D eigenvalue weighted by molar-refractivity contribution is -0.372. The van der Waals surface area contributed by atoms with Crippen LogP contribution in [0.2, 0.25) is 0 Å². The summed E-state index contributed by atoms with van der Waals surface area (Å²) in [4.78, 5) is 34.0. The van der Waals surface area contributed by atoms with E-state index >= 15 is 0 Å². The Morgan fingerprint density at radius 2 is 1.81 bits per heavy atom. The van der Waals surface area contributed by atoms with Crippen LogP contribution < -0.4 is 29.6 Å². The molecule has 0 amide bonds. The highest BCUT2D eigenvalue weighted by molar-refractivity contribution is 5.90. The maximum atomic E-state index is 11.7. The van der Waals surface area contributed by atoms with Crippen LogP contribution >= 0.6 is 0 Å². The van der Waals surface area contributed by atoms with Gasteiger partial charge in [0.25, 0.3) is 0 Å². The number of esters is 1. The third kappa shape index (κ3) is 7.05. The topological polar surface area (TPSA) is 204 Å². The van der Waals surface area contributed by atoms with Gasteiger partial charge in [-0.3, -0.25) is 9.59 Å². The zero-order valence-electron chi connectivity index (χ0n) is 26.0. The number of ether oxygens (including phenoxy) is 7. The number of rotatable bonds is 13. The van der Waals surface area contributed by atoms with Crippen LogP contribution in [-0.2, 0) is 35.1 Å². The average Bonchev–Trinajstić information content (AvgIpc) is 3.65. The van der Waals surface area contributed by atoms with Crippen LogP contribution in [0.25, 0.3) is 0 Å². The van der Waals surface area contributed by atoms with Crippen molar-refractivity contribution in [1.29, 1.82) is 0 Å². The molecular weight excluding hydrogens is 622 g/mol. The molecule has 0 saturated carbocycles. The minimum absolute atomic E-state index is 0.00880. The first-order valence-corrected chi connectivity index (χ1v) is 15.6. The van der Waals surface area contributed by atoms with Crippen LogP contribution in [0.1, 0.15) is 55.4 Å². The van der Waals surface area contributed by atoms with Gasteiger partial charge >= 0.3 is 11.9 Å². The highest BCUT2D eigenvalue weighted by Crippen LogP contribution is 2.55. The monoisotopic (exact) mass is 661 g/mol. The zero-order chi connectivity index (χ0) is 33.2. The van der Waals surface area contributed by atoms with Crippen molar-refractivity contribution < 1.29 is 67.8 Å². The lowest BCUT2D eigenvalue weighted by Crippen LogP contribution is -2.60. The molecule has 15 nitrogen and oxygen atoms in total. The number of benzene rings is 2. The normalized spacial score (nSPS) is 26.9. The minimum Gasteiger partial charge on any atom is -0.492 e. The molecule has 4 aliphatic rings. The number of carbonyl (C=O) groups excluding carboxylic acids is 1. The van der Waals surface area contributed by atoms with E-state index < -0.39 is 55.7 Å². The van der Waals surface area contributed by atoms with Crippen molar-refractivity contribution in [2.24, 2.45) is 11.7 Å². The summed E-state index contributed by atoms with van der Waals surface area (Å²) in [7, 11) is 0. The molecule has 0 bridgehead atoms. The van der Waals surface area contributed by atoms with E-state index in [1.807, 2.05) is 12.1 Å². The van der Waals surface area contributed by atoms with Gasteiger partial charge in [-0.05, 0) is 42.5 Å². The lowest BCUT2D eigenvalue weighted by Gasteiger charge is -2.41. The maximum absolute atomic E-state index is 11.7. The van der Waals surface area contributed by atoms with Crippen molar-refractivity contribution in [2.75, 3.05) is 33.2 Å². The second kappa shape index (κ2) is 14.1. The number of hydrogen-bond donors (Lipinski definition) is 4. The van der Waals surface area contributed by atoms with Gasteiger partial charge in [-0.2, -0.15) is 4.89 Å². The Labute approximate surface area is 270 Å². The van der Waals surface area contributed by atoms with Gasteiger partial charge in [0.1, 0.15) is 48.9 Å². The molecule has 1 saturated heterocycles. The third-order valence-electron chi connectivity index (χ3n) is 8.40. The van der Waals surface area contributed by atoms with E-state index in [1.165, 1.54) is 0 Å². The summed E-state index contributed by atoms with van der Waals surface area (Å²) in [5.74, 6) is 0.881. The quantitative estimate of drug-likeness (QED) is 0.104. The van der Waals surface area contributed by atoms with Crippen LogP contribution in [0.4, 0.5) is 0 Å². The molecule has 47 heavy (non-hydrogen) atoms. The predicted molar refractivity (Wildman–Crippen MR) is 158 cm³/mol. The van der Waals surface area contributed by atoms with Crippen molar-refractivity contribution in [3.8, 4) is 28.7 Å². The van der Waals surface area contributed by atoms with Crippen LogP contribution in [0, 0.1) is 5.92 Å². The second-order valence-electron chi connectivity index (χ2n) is 12.2. The van der Waals surface area contributed by atoms with Gasteiger partial charge in [-0.15, -0.1) is 0 Å². The number of fused-ring (bicyclic) bond motifs is 6. The third-order valence-corrected chi connectivity index (χ3v) is 8.40. The summed E-state index contributed by atoms with van der Waals surface area (Å²) in [6.07, 6.45) is -6.77. The molecule has 2 aromatic carbocycles. The summed E-state index contributed by atoms with van der Waals surface area (Å²) < 4.78 is 40.2. The Bertz CT molecular complexity index is 1470. The first-order chi connectivity index (χ1) is 22.6. The van der Waals surface area contributed by atoms with Crippen LogP contribution in [0.5, 0.6) is 28.7 Å². The number of aliphatic hydroxyl groups is 2. The fourth-order valence-corrected chi connectivity index (χ4v) is 6.02. The fraction of sp³-hybridized carbons (Fsp3) is 0.562. The lowest BCUT2D eigenvalue weighted by atomic mass is 9.87. The summed E-state index contributed by atoms with van der Waals surface area (Å²) in [5, 5.41) is 30.6. The molecule has 0 radical (unpaired) electrons. The predicted octanol–water partition coefficient (Wildman–Crippen LogP) is 1.73. The molecule has 15 heteroatoms. The Morgan fingerprint density at radius 1 is 1.02 bits per heavy atom. The molecule has 1 fully saturated rings. The summed E-state index contributed by atoms with van der Waals surface area (Å²) in [5.41, 5.74) is 8.21. The van der Waals surface area contributed by atoms with Crippen LogP contribution in [0.3, 0.4) is 0 Å². The zero-order valence-corrected chi connectivity index (χ0v) is 26.0. The number of carbonyl (C=O) groups is 2. The van der Waals surface area contributed by atoms with Gasteiger partial charge in [0.05, 0.1) is 19.1 Å². The van der Waals surface area contributed by atoms with Gasteiger partial charge in [-0.25, -0.2) is 0 Å². The fourth-order valence-electron chi connectivity index (χ4n) is 6.02. The van der Waals surface area contributed by atoms with Crippen molar-refractivity contribution in [2.45, 2.75) is 75.8 Å². The SMILES string of the molecule is CC(C)CCc1cc(OOC2C(OCCN)OC(COC(=O)CC(=O)O)C(O)C2O)cc2c1OCC1c3cc4c(cc3OC21)OCO4. The van der Waals surface area contributed by atoms with E-state index in [1.54, 1.807) is 12.1 Å². The van der Waals surface area contributed by atoms with E-state index in [-0.39, 0.29) is 32.0 Å². The molecule has 2 aromatic rings. The molecule has 0 spiro atoms. The summed E-state index contributed by atoms with van der Waals surface area (Å²) >= 11 is 0. The molecule has 0 aliphatic carbocycles. The Kier molecular flexibility index (Phi) is 9.91. The van der Waals surface area contributed by atoms with Crippen molar-refractivity contribution in [3.63, 3.8) is 0 Å². The number of nitrogens with two attached hydrogens (primary N) is 1. The molecule has 4 aliphatic heterocycles. The van der Waals surface area contributed by atoms with E-state index in [0.717, 1.165) is 23.1 Å². The van der Waals surface area contributed by atoms with Gasteiger partial charge in [0.2, 0.25) is 6.79 Å². The maximum Gasteiger partial charge on any atom is 0.317 e. The van der Waals surface area contributed by atoms with E-state index in [0.29, 0.717) is 47.7 Å². The van der Waals surface area contributed by atoms with Crippen molar-refractivity contribution >= 4 is 11.9 Å². The molecule has 5 N–H and O–H groups in total. The first kappa shape index (κ1) is 33.1. The molecular formula is C32H39NO14. The number of hydrogen-bond acceptors (Lipinski definition) is 14. The number of aliphatic hydroxyl groups excluding tert-OH is 2. The average molecular weight is 662 g/mol. The minimum atomic E-state index is -1.61. The Hall–Kier alpha value is -3.86. The van der Waals surface area contributed by atoms with Crippen molar-refractivity contribution in [1.82, 2.24) is 0 Å². The molecule has 4 heterocycles. The highest BCUT2D eigenvalue weighted by atomic mass is 17.2. The van der Waals surface area contributed by atoms with E-state index in [4.69, 9.17) is 53.8 Å². The molecule has 256 valence electrons. The van der Waals surface area contributed by atoms with Gasteiger partial charge in [-0.1, -0.05) is 13.8 Å².